The SMILES string of the molecule is CCC(C)(C)C(=O)O[C@H]1C[C@@H](C)C=C2C=CC(C)[C@H](CC[C@@H](O)C[C@@H](O)CC(=O)O[C@H]3CC(=O)OC(CC[C@@H]4[C@@H]5C(=C[C@H](C)C[C@@H]5OC(=O)C(C)(C)CC)C=C[C@@H]4C)C3)[C@H]21.CCC(C)(C)C(=O)O[C@H]1C[C@@H](C)C=C2C=C[C@H](C)[C@H](CCC3CC(=O)CC(=O)O3)[C@H]21.CCC(C)(C)C(=O)O[C@H]1C[C@@H](C)C=C2C=C[C@H](C)[C@H](CCC3CC=CC(=O)O3)[C@H]21.CCC(C)(C)C(=O)O[C@H]1C[C@@H](C)CC2C=C[C@H](C)[C@H](CCC3C[C@@H](O)CC(=O)O3)[C@H]21. The Morgan fingerprint density at radius 3 is 1.11 bits per heavy atom. The van der Waals surface area contributed by atoms with Gasteiger partial charge in [0.1, 0.15) is 73.2 Å². The van der Waals surface area contributed by atoms with Crippen molar-refractivity contribution in [2.24, 2.45) is 151 Å². The lowest BCUT2D eigenvalue weighted by atomic mass is 9.60. The quantitative estimate of drug-likeness (QED) is 0.0230. The number of aliphatic hydroxyl groups excluding tert-OH is 3. The molecule has 24 heteroatoms. The van der Waals surface area contributed by atoms with Gasteiger partial charge in [0.25, 0.3) is 0 Å². The number of carbonyl (C=O) groups is 11. The number of ketones is 1. The van der Waals surface area contributed by atoms with Crippen LogP contribution >= 0.6 is 0 Å². The molecule has 34 atom stereocenters. The van der Waals surface area contributed by atoms with Gasteiger partial charge in [-0.25, -0.2) is 4.79 Å². The molecule has 10 aliphatic carbocycles. The van der Waals surface area contributed by atoms with Crippen molar-refractivity contribution in [1.82, 2.24) is 0 Å². The molecule has 0 amide bonds. The molecular formula is C125H188O24. The molecule has 4 aliphatic heterocycles. The summed E-state index contributed by atoms with van der Waals surface area (Å²) in [5, 5.41) is 31.9. The minimum Gasteiger partial charge on any atom is -0.462 e. The molecule has 24 nitrogen and oxygen atoms in total. The molecule has 6 unspecified atom stereocenters. The van der Waals surface area contributed by atoms with E-state index in [1.54, 1.807) is 0 Å². The van der Waals surface area contributed by atoms with Gasteiger partial charge in [0.2, 0.25) is 0 Å². The number of cyclic esters (lactones) is 4. The Labute approximate surface area is 891 Å². The lowest BCUT2D eigenvalue weighted by molar-refractivity contribution is -0.172. The number of ether oxygens (including phenoxy) is 10. The van der Waals surface area contributed by atoms with Gasteiger partial charge in [-0.1, -0.05) is 195 Å². The molecule has 832 valence electrons. The predicted octanol–water partition coefficient (Wildman–Crippen LogP) is 24.0. The average molecular weight is 2070 g/mol. The van der Waals surface area contributed by atoms with Crippen molar-refractivity contribution in [3.8, 4) is 0 Å². The normalized spacial score (nSPS) is 35.1. The van der Waals surface area contributed by atoms with Crippen molar-refractivity contribution in [3.05, 3.63) is 120 Å². The summed E-state index contributed by atoms with van der Waals surface area (Å²) in [4.78, 5) is 138. The Balaban J connectivity index is 0.000000201. The molecule has 0 aromatic carbocycles. The van der Waals surface area contributed by atoms with Crippen LogP contribution in [0.2, 0.25) is 0 Å². The first-order chi connectivity index (χ1) is 70.1. The highest BCUT2D eigenvalue weighted by Gasteiger charge is 2.52. The minimum atomic E-state index is -1.11. The fourth-order valence-corrected chi connectivity index (χ4v) is 25.5. The van der Waals surface area contributed by atoms with Gasteiger partial charge in [-0.2, -0.15) is 0 Å². The van der Waals surface area contributed by atoms with Crippen molar-refractivity contribution in [2.75, 3.05) is 0 Å². The number of aliphatic hydroxyl groups is 3. The number of hydrogen-bond donors (Lipinski definition) is 3. The van der Waals surface area contributed by atoms with E-state index in [0.717, 1.165) is 103 Å². The van der Waals surface area contributed by atoms with Crippen LogP contribution in [0.1, 0.15) is 366 Å². The van der Waals surface area contributed by atoms with E-state index in [1.165, 1.54) is 28.4 Å². The number of allylic oxidation sites excluding steroid dienone is 14. The predicted molar refractivity (Wildman–Crippen MR) is 575 cm³/mol. The molecule has 149 heavy (non-hydrogen) atoms. The molecule has 3 N–H and O–H groups in total. The second-order valence-corrected chi connectivity index (χ2v) is 51.0. The van der Waals surface area contributed by atoms with Gasteiger partial charge in [-0.05, 0) is 327 Å². The maximum atomic E-state index is 13.2. The second-order valence-electron chi connectivity index (χ2n) is 51.0. The maximum Gasteiger partial charge on any atom is 0.330 e. The summed E-state index contributed by atoms with van der Waals surface area (Å²) in [5.74, 6) is 3.32. The van der Waals surface area contributed by atoms with Crippen LogP contribution in [0.5, 0.6) is 0 Å². The summed E-state index contributed by atoms with van der Waals surface area (Å²) in [6.45, 7) is 51.5. The van der Waals surface area contributed by atoms with Crippen LogP contribution in [0.15, 0.2) is 120 Å². The largest absolute Gasteiger partial charge is 0.462 e. The van der Waals surface area contributed by atoms with Crippen LogP contribution in [0.3, 0.4) is 0 Å². The second kappa shape index (κ2) is 53.2. The number of fused-ring (bicyclic) bond motifs is 5. The Morgan fingerprint density at radius 1 is 0.362 bits per heavy atom. The third kappa shape index (κ3) is 32.7. The third-order valence-electron chi connectivity index (χ3n) is 36.8. The van der Waals surface area contributed by atoms with E-state index in [1.807, 2.05) is 110 Å². The molecule has 0 aromatic heterocycles. The summed E-state index contributed by atoms with van der Waals surface area (Å²) in [5.41, 5.74) is 2.40. The zero-order chi connectivity index (χ0) is 109. The zero-order valence-corrected chi connectivity index (χ0v) is 95.0. The first-order valence-electron chi connectivity index (χ1n) is 57.7. The van der Waals surface area contributed by atoms with Crippen LogP contribution in [0.25, 0.3) is 0 Å². The van der Waals surface area contributed by atoms with Crippen molar-refractivity contribution in [2.45, 2.75) is 445 Å². The van der Waals surface area contributed by atoms with Gasteiger partial charge >= 0.3 is 59.7 Å². The molecular weight excluding hydrogens is 1890 g/mol. The summed E-state index contributed by atoms with van der Waals surface area (Å²) >= 11 is 0. The smallest absolute Gasteiger partial charge is 0.330 e. The number of esters is 10. The Kier molecular flexibility index (Phi) is 43.1. The van der Waals surface area contributed by atoms with E-state index in [2.05, 4.69) is 154 Å². The van der Waals surface area contributed by atoms with Crippen molar-refractivity contribution in [1.29, 1.82) is 0 Å². The molecule has 14 aliphatic rings. The first-order valence-corrected chi connectivity index (χ1v) is 57.7. The molecule has 0 aromatic rings. The summed E-state index contributed by atoms with van der Waals surface area (Å²) in [6.07, 6.45) is 48.1. The van der Waals surface area contributed by atoms with E-state index in [4.69, 9.17) is 47.4 Å². The molecule has 14 rings (SSSR count). The van der Waals surface area contributed by atoms with Crippen molar-refractivity contribution in [3.63, 3.8) is 0 Å². The number of Topliss-reactive ketones (excluding diaryl/α,β-unsaturated/α-hetero) is 1. The van der Waals surface area contributed by atoms with Crippen molar-refractivity contribution >= 4 is 65.5 Å². The monoisotopic (exact) mass is 2070 g/mol. The van der Waals surface area contributed by atoms with E-state index in [0.29, 0.717) is 117 Å². The van der Waals surface area contributed by atoms with E-state index in [-0.39, 0.29) is 194 Å². The van der Waals surface area contributed by atoms with Crippen molar-refractivity contribution < 1.29 is 115 Å². The molecule has 1 saturated carbocycles. The highest BCUT2D eigenvalue weighted by Crippen LogP contribution is 2.54. The van der Waals surface area contributed by atoms with E-state index < -0.39 is 75.5 Å². The molecule has 3 saturated heterocycles. The Morgan fingerprint density at radius 2 is 0.718 bits per heavy atom. The highest BCUT2D eigenvalue weighted by atomic mass is 16.6. The summed E-state index contributed by atoms with van der Waals surface area (Å²) in [7, 11) is 0. The minimum absolute atomic E-state index is 0.0194. The Bertz CT molecular complexity index is 4900. The van der Waals surface area contributed by atoms with Crippen LogP contribution in [0.4, 0.5) is 0 Å². The maximum absolute atomic E-state index is 13.2. The van der Waals surface area contributed by atoms with Gasteiger partial charge < -0.3 is 62.7 Å². The first kappa shape index (κ1) is 121. The van der Waals surface area contributed by atoms with Crippen LogP contribution < -0.4 is 0 Å². The molecule has 4 fully saturated rings. The number of hydrogen-bond acceptors (Lipinski definition) is 24. The lowest BCUT2D eigenvalue weighted by Crippen LogP contribution is -2.47. The van der Waals surface area contributed by atoms with Crippen LogP contribution in [0, 0.1) is 151 Å². The molecule has 0 radical (unpaired) electrons. The Hall–Kier alpha value is -8.35. The molecule has 0 spiro atoms. The molecule has 4 heterocycles. The fraction of sp³-hybridized carbons (Fsp3) is 0.752. The number of rotatable bonds is 35. The van der Waals surface area contributed by atoms with Gasteiger partial charge in [0.15, 0.2) is 0 Å². The number of carbonyl (C=O) groups excluding carboxylic acids is 11. The zero-order valence-electron chi connectivity index (χ0n) is 95.0. The summed E-state index contributed by atoms with van der Waals surface area (Å²) < 4.78 is 58.9. The van der Waals surface area contributed by atoms with E-state index >= 15 is 0 Å². The topological polar surface area (TPSA) is 341 Å². The standard InChI is InChI=1S/C50H76O10.C25H40O5.C25H36O5.C25H36O4/c1-11-49(7,8)47(55)59-41-23-29(3)21-33-15-13-31(5)39(45(33)41)19-17-35(51)25-36(52)26-43(53)58-38-27-37(57-44(54)28-38)18-20-40-32(6)14-16-34-22-30(4)24-42(46(34)40)60-48(56)50(9,10)12-2;2*1-6-25(4,5)24(28)30-21-12-15(2)11-17-8-7-16(3)20(23(17)21)10-9-19-13-18(26)14-22(27)29-19;1-6-25(4,5)24(27)29-21-15-16(2)14-18-11-10-17(3)20(23(18)21)13-12-19-8-7-9-22(26)28-19/h13-16,21-22,29-32,35-42,45-46,51-52H,11-12,17-20,23-28H2,1-10H3;7-8,15-21,23,26H,6,9-14H2,1-5H3;7-8,11,15-16,19-21,23H,6,9-10,12-14H2,1-5H3;7,9-11,14,16-17,19-21,23H,6,8,12-13,15H2,1-5H3/t29-,30-,31?,32-,35+,36+,37?,38+,39-,40-,41-,42-,45-,46-;15-,16-,17?,18+,19?,20-,21-,23-;15-,16-,19?,20-,21-,23-;16-,17-,19?,20-,21-,23-/m0000/s1. The van der Waals surface area contributed by atoms with Gasteiger partial charge in [-0.15, -0.1) is 0 Å². The lowest BCUT2D eigenvalue weighted by Gasteiger charge is -2.48. The molecule has 0 bridgehead atoms. The third-order valence-corrected chi connectivity index (χ3v) is 36.8. The van der Waals surface area contributed by atoms with Gasteiger partial charge in [0.05, 0.1) is 64.6 Å². The summed E-state index contributed by atoms with van der Waals surface area (Å²) in [6, 6.07) is 0. The van der Waals surface area contributed by atoms with Crippen LogP contribution in [-0.2, 0) is 100 Å². The highest BCUT2D eigenvalue weighted by molar-refractivity contribution is 5.97. The van der Waals surface area contributed by atoms with Gasteiger partial charge in [0, 0.05) is 61.3 Å². The van der Waals surface area contributed by atoms with E-state index in [9.17, 15) is 68.1 Å². The van der Waals surface area contributed by atoms with Crippen LogP contribution in [-0.4, -0.2) is 160 Å². The fourth-order valence-electron chi connectivity index (χ4n) is 25.5. The average Bonchev–Trinajstić information content (AvgIpc) is 0.790. The van der Waals surface area contributed by atoms with Gasteiger partial charge in [-0.3, -0.25) is 47.9 Å².